The van der Waals surface area contributed by atoms with Gasteiger partial charge in [-0.15, -0.1) is 0 Å². The molecule has 1 heterocycles. The van der Waals surface area contributed by atoms with Gasteiger partial charge in [-0.25, -0.2) is 0 Å². The predicted octanol–water partition coefficient (Wildman–Crippen LogP) is 8.13. The summed E-state index contributed by atoms with van der Waals surface area (Å²) in [6.07, 6.45) is 0. The molecule has 0 N–H and O–H groups in total. The highest BCUT2D eigenvalue weighted by molar-refractivity contribution is 6.03. The maximum absolute atomic E-state index is 6.64. The first kappa shape index (κ1) is 18.0. The number of hydrogen-bond acceptors (Lipinski definition) is 1. The highest BCUT2D eigenvalue weighted by Crippen LogP contribution is 2.52. The van der Waals surface area contributed by atoms with E-state index in [1.54, 1.807) is 0 Å². The molecule has 0 saturated carbocycles. The summed E-state index contributed by atoms with van der Waals surface area (Å²) in [4.78, 5) is 0. The van der Waals surface area contributed by atoms with Gasteiger partial charge in [-0.3, -0.25) is 0 Å². The zero-order valence-corrected chi connectivity index (χ0v) is 18.0. The quantitative estimate of drug-likeness (QED) is 0.264. The molecule has 1 nitrogen and oxygen atoms in total. The molecule has 0 fully saturated rings. The van der Waals surface area contributed by atoms with Crippen LogP contribution in [0.25, 0.3) is 33.0 Å². The highest BCUT2D eigenvalue weighted by Gasteiger charge is 2.27. The van der Waals surface area contributed by atoms with Crippen LogP contribution in [-0.2, 0) is 0 Å². The monoisotopic (exact) mass is 378 g/mol. The third-order valence-corrected chi connectivity index (χ3v) is 6.83. The normalized spacial score (nSPS) is 12.1. The van der Waals surface area contributed by atoms with Crippen molar-refractivity contribution < 1.29 is 4.74 Å². The molecule has 1 aliphatic rings. The molecule has 0 radical (unpaired) electrons. The molecule has 0 bridgehead atoms. The maximum Gasteiger partial charge on any atom is 0.138 e. The van der Waals surface area contributed by atoms with Crippen molar-refractivity contribution in [2.24, 2.45) is 0 Å². The molecule has 4 aromatic carbocycles. The largest absolute Gasteiger partial charge is 0.456 e. The second-order valence-electron chi connectivity index (χ2n) is 8.45. The van der Waals surface area contributed by atoms with Gasteiger partial charge in [0.05, 0.1) is 0 Å². The smallest absolute Gasteiger partial charge is 0.138 e. The van der Waals surface area contributed by atoms with Crippen LogP contribution in [0.15, 0.2) is 48.5 Å². The molecule has 144 valence electrons. The molecule has 0 atom stereocenters. The number of aryl methyl sites for hydroxylation is 2. The Morgan fingerprint density at radius 2 is 1.31 bits per heavy atom. The standard InChI is InChI=1S/C28H26O/c1-15-11-12-21-14-24-22-9-7-8-10-25(22)29-28-19(5)17(3)16(2)18(4)27(28)26(24)20(6)23(21)13-15/h7-14H,1-6H3. The molecule has 0 unspecified atom stereocenters. The Morgan fingerprint density at radius 3 is 2.10 bits per heavy atom. The molecular formula is C28H26O. The molecule has 0 aliphatic carbocycles. The second-order valence-corrected chi connectivity index (χ2v) is 8.45. The Hall–Kier alpha value is -3.06. The first-order valence-corrected chi connectivity index (χ1v) is 10.3. The average molecular weight is 379 g/mol. The van der Waals surface area contributed by atoms with E-state index in [-0.39, 0.29) is 0 Å². The van der Waals surface area contributed by atoms with Gasteiger partial charge in [-0.05, 0) is 103 Å². The van der Waals surface area contributed by atoms with Gasteiger partial charge in [0.2, 0.25) is 0 Å². The van der Waals surface area contributed by atoms with Gasteiger partial charge in [0.15, 0.2) is 0 Å². The number of rotatable bonds is 0. The lowest BCUT2D eigenvalue weighted by atomic mass is 9.83. The van der Waals surface area contributed by atoms with Crippen LogP contribution >= 0.6 is 0 Å². The fourth-order valence-corrected chi connectivity index (χ4v) is 4.81. The minimum atomic E-state index is 0.934. The zero-order valence-electron chi connectivity index (χ0n) is 18.0. The fraction of sp³-hybridized carbons (Fsp3) is 0.214. The molecule has 0 aromatic heterocycles. The lowest BCUT2D eigenvalue weighted by Gasteiger charge is -2.22. The SMILES string of the molecule is Cc1ccc2cc3c(c(C)c2c1)-c1c(C)c(C)c(C)c(C)c1Oc1ccccc1-3. The van der Waals surface area contributed by atoms with E-state index in [1.165, 1.54) is 66.4 Å². The van der Waals surface area contributed by atoms with E-state index in [4.69, 9.17) is 4.74 Å². The van der Waals surface area contributed by atoms with Gasteiger partial charge in [0, 0.05) is 11.1 Å². The van der Waals surface area contributed by atoms with Crippen molar-refractivity contribution in [2.45, 2.75) is 41.5 Å². The summed E-state index contributed by atoms with van der Waals surface area (Å²) in [5, 5.41) is 2.60. The van der Waals surface area contributed by atoms with Crippen LogP contribution in [-0.4, -0.2) is 0 Å². The van der Waals surface area contributed by atoms with Crippen LogP contribution < -0.4 is 4.74 Å². The third kappa shape index (κ3) is 2.47. The third-order valence-electron chi connectivity index (χ3n) is 6.83. The molecule has 29 heavy (non-hydrogen) atoms. The summed E-state index contributed by atoms with van der Waals surface area (Å²) in [6, 6.07) is 17.5. The summed E-state index contributed by atoms with van der Waals surface area (Å²) in [6.45, 7) is 13.3. The van der Waals surface area contributed by atoms with E-state index >= 15 is 0 Å². The van der Waals surface area contributed by atoms with Crippen molar-refractivity contribution in [2.75, 3.05) is 0 Å². The van der Waals surface area contributed by atoms with Crippen LogP contribution in [0.2, 0.25) is 0 Å². The minimum Gasteiger partial charge on any atom is -0.456 e. The Bertz CT molecular complexity index is 1320. The second kappa shape index (κ2) is 6.22. The summed E-state index contributed by atoms with van der Waals surface area (Å²) in [5.74, 6) is 1.94. The molecule has 0 amide bonds. The van der Waals surface area contributed by atoms with Crippen molar-refractivity contribution >= 4 is 10.8 Å². The van der Waals surface area contributed by atoms with Crippen LogP contribution in [0.4, 0.5) is 0 Å². The van der Waals surface area contributed by atoms with Gasteiger partial charge in [-0.1, -0.05) is 42.0 Å². The summed E-state index contributed by atoms with van der Waals surface area (Å²) >= 11 is 0. The number of ether oxygens (including phenoxy) is 1. The Morgan fingerprint density at radius 1 is 0.586 bits per heavy atom. The van der Waals surface area contributed by atoms with Crippen molar-refractivity contribution in [1.82, 2.24) is 0 Å². The molecular weight excluding hydrogens is 352 g/mol. The van der Waals surface area contributed by atoms with Crippen molar-refractivity contribution in [3.05, 3.63) is 81.9 Å². The Balaban J connectivity index is 2.05. The highest BCUT2D eigenvalue weighted by atomic mass is 16.5. The number of fused-ring (bicyclic) bond motifs is 6. The first-order chi connectivity index (χ1) is 13.9. The van der Waals surface area contributed by atoms with Gasteiger partial charge in [-0.2, -0.15) is 0 Å². The molecule has 0 saturated heterocycles. The van der Waals surface area contributed by atoms with Gasteiger partial charge in [0.25, 0.3) is 0 Å². The molecule has 1 aliphatic heterocycles. The van der Waals surface area contributed by atoms with Crippen LogP contribution in [0.3, 0.4) is 0 Å². The molecule has 5 rings (SSSR count). The van der Waals surface area contributed by atoms with Gasteiger partial charge in [0.1, 0.15) is 11.5 Å². The van der Waals surface area contributed by atoms with Crippen molar-refractivity contribution in [3.8, 4) is 33.8 Å². The van der Waals surface area contributed by atoms with Crippen LogP contribution in [0, 0.1) is 41.5 Å². The lowest BCUT2D eigenvalue weighted by molar-refractivity contribution is 0.483. The number of para-hydroxylation sites is 1. The van der Waals surface area contributed by atoms with E-state index < -0.39 is 0 Å². The topological polar surface area (TPSA) is 9.23 Å². The zero-order chi connectivity index (χ0) is 20.4. The van der Waals surface area contributed by atoms with E-state index in [1.807, 2.05) is 0 Å². The number of hydrogen-bond donors (Lipinski definition) is 0. The summed E-state index contributed by atoms with van der Waals surface area (Å²) in [5.41, 5.74) is 12.8. The molecule has 0 spiro atoms. The number of benzene rings is 4. The molecule has 4 aromatic rings. The van der Waals surface area contributed by atoms with E-state index in [9.17, 15) is 0 Å². The summed E-state index contributed by atoms with van der Waals surface area (Å²) < 4.78 is 6.64. The molecule has 1 heteroatoms. The first-order valence-electron chi connectivity index (χ1n) is 10.3. The fourth-order valence-electron chi connectivity index (χ4n) is 4.81. The van der Waals surface area contributed by atoms with E-state index in [2.05, 4.69) is 90.1 Å². The minimum absolute atomic E-state index is 0.934. The average Bonchev–Trinajstić information content (AvgIpc) is 2.86. The Labute approximate surface area is 173 Å². The predicted molar refractivity (Wildman–Crippen MR) is 123 cm³/mol. The van der Waals surface area contributed by atoms with Gasteiger partial charge < -0.3 is 4.74 Å². The van der Waals surface area contributed by atoms with Crippen LogP contribution in [0.1, 0.15) is 33.4 Å². The summed E-state index contributed by atoms with van der Waals surface area (Å²) in [7, 11) is 0. The lowest BCUT2D eigenvalue weighted by Crippen LogP contribution is -2.00. The Kier molecular flexibility index (Phi) is 3.86. The van der Waals surface area contributed by atoms with E-state index in [0.717, 1.165) is 11.5 Å². The van der Waals surface area contributed by atoms with Crippen molar-refractivity contribution in [3.63, 3.8) is 0 Å². The van der Waals surface area contributed by atoms with Gasteiger partial charge >= 0.3 is 0 Å². The van der Waals surface area contributed by atoms with E-state index in [0.29, 0.717) is 0 Å². The maximum atomic E-state index is 6.64. The van der Waals surface area contributed by atoms with Crippen molar-refractivity contribution in [1.29, 1.82) is 0 Å². The van der Waals surface area contributed by atoms with Crippen LogP contribution in [0.5, 0.6) is 11.5 Å².